The zero-order valence-electron chi connectivity index (χ0n) is 11.2. The molecule has 0 spiro atoms. The molecule has 4 nitrogen and oxygen atoms in total. The van der Waals surface area contributed by atoms with E-state index >= 15 is 0 Å². The highest BCUT2D eigenvalue weighted by Crippen LogP contribution is 2.28. The molecule has 0 bridgehead atoms. The minimum atomic E-state index is -4.09. The second-order valence-corrected chi connectivity index (χ2v) is 6.56. The van der Waals surface area contributed by atoms with Gasteiger partial charge in [0.15, 0.2) is 0 Å². The van der Waals surface area contributed by atoms with Crippen LogP contribution in [0.2, 0.25) is 5.02 Å². The van der Waals surface area contributed by atoms with Crippen molar-refractivity contribution in [2.24, 2.45) is 5.73 Å². The Morgan fingerprint density at radius 2 is 2.00 bits per heavy atom. The minimum absolute atomic E-state index is 0.119. The first-order chi connectivity index (χ1) is 9.85. The van der Waals surface area contributed by atoms with Crippen LogP contribution in [0, 0.1) is 12.7 Å². The average Bonchev–Trinajstić information content (AvgIpc) is 2.43. The van der Waals surface area contributed by atoms with Crippen LogP contribution in [-0.2, 0) is 16.6 Å². The summed E-state index contributed by atoms with van der Waals surface area (Å²) in [6.45, 7) is 1.82. The van der Waals surface area contributed by atoms with Crippen molar-refractivity contribution >= 4 is 27.3 Å². The maximum atomic E-state index is 13.8. The van der Waals surface area contributed by atoms with Crippen molar-refractivity contribution in [2.45, 2.75) is 18.4 Å². The number of halogens is 2. The lowest BCUT2D eigenvalue weighted by Gasteiger charge is -2.13. The fourth-order valence-electron chi connectivity index (χ4n) is 1.83. The van der Waals surface area contributed by atoms with Gasteiger partial charge in [0.1, 0.15) is 10.7 Å². The Labute approximate surface area is 127 Å². The maximum absolute atomic E-state index is 13.8. The second-order valence-electron chi connectivity index (χ2n) is 4.51. The fourth-order valence-corrected chi connectivity index (χ4v) is 3.44. The first-order valence-electron chi connectivity index (χ1n) is 6.11. The van der Waals surface area contributed by atoms with Gasteiger partial charge < -0.3 is 5.73 Å². The second kappa shape index (κ2) is 6.01. The molecule has 0 fully saturated rings. The van der Waals surface area contributed by atoms with E-state index in [1.165, 1.54) is 12.1 Å². The molecule has 2 rings (SSSR count). The summed E-state index contributed by atoms with van der Waals surface area (Å²) in [6.07, 6.45) is 0. The van der Waals surface area contributed by atoms with Crippen LogP contribution >= 0.6 is 11.6 Å². The largest absolute Gasteiger partial charge is 0.326 e. The van der Waals surface area contributed by atoms with Gasteiger partial charge in [-0.3, -0.25) is 4.72 Å². The predicted molar refractivity (Wildman–Crippen MR) is 81.3 cm³/mol. The summed E-state index contributed by atoms with van der Waals surface area (Å²) in [6, 6.07) is 8.69. The molecule has 112 valence electrons. The van der Waals surface area contributed by atoms with Gasteiger partial charge in [-0.1, -0.05) is 29.8 Å². The Hall–Kier alpha value is -1.63. The van der Waals surface area contributed by atoms with E-state index in [4.69, 9.17) is 17.3 Å². The van der Waals surface area contributed by atoms with Gasteiger partial charge in [-0.05, 0) is 36.2 Å². The smallest absolute Gasteiger partial charge is 0.264 e. The number of para-hydroxylation sites is 1. The average molecular weight is 329 g/mol. The summed E-state index contributed by atoms with van der Waals surface area (Å²) in [5.41, 5.74) is 6.85. The Kier molecular flexibility index (Phi) is 4.51. The number of sulfonamides is 1. The van der Waals surface area contributed by atoms with E-state index in [1.54, 1.807) is 25.1 Å². The zero-order chi connectivity index (χ0) is 15.6. The van der Waals surface area contributed by atoms with Crippen molar-refractivity contribution < 1.29 is 12.8 Å². The quantitative estimate of drug-likeness (QED) is 0.906. The number of hydrogen-bond acceptors (Lipinski definition) is 3. The number of nitrogens with two attached hydrogens (primary N) is 1. The molecule has 0 saturated carbocycles. The normalized spacial score (nSPS) is 11.4. The standard InChI is InChI=1S/C14H14ClFN2O2S/c1-9-3-2-4-11(15)14(9)18-21(19,20)13-7-10(8-17)5-6-12(13)16/h2-7,18H,8,17H2,1H3. The van der Waals surface area contributed by atoms with Gasteiger partial charge in [0.25, 0.3) is 10.0 Å². The molecule has 0 aromatic heterocycles. The molecule has 0 unspecified atom stereocenters. The number of rotatable bonds is 4. The van der Waals surface area contributed by atoms with Crippen LogP contribution in [0.25, 0.3) is 0 Å². The lowest BCUT2D eigenvalue weighted by Crippen LogP contribution is -2.16. The first kappa shape index (κ1) is 15.8. The molecular formula is C14H14ClFN2O2S. The minimum Gasteiger partial charge on any atom is -0.326 e. The molecule has 0 aliphatic rings. The van der Waals surface area contributed by atoms with E-state index < -0.39 is 20.7 Å². The molecule has 7 heteroatoms. The molecule has 21 heavy (non-hydrogen) atoms. The van der Waals surface area contributed by atoms with Crippen LogP contribution in [0.4, 0.5) is 10.1 Å². The third-order valence-corrected chi connectivity index (χ3v) is 4.66. The Morgan fingerprint density at radius 3 is 2.62 bits per heavy atom. The highest BCUT2D eigenvalue weighted by molar-refractivity contribution is 7.92. The Bertz CT molecular complexity index is 758. The van der Waals surface area contributed by atoms with E-state index in [2.05, 4.69) is 4.72 Å². The van der Waals surface area contributed by atoms with E-state index in [9.17, 15) is 12.8 Å². The van der Waals surface area contributed by atoms with Crippen molar-refractivity contribution in [1.29, 1.82) is 0 Å². The van der Waals surface area contributed by atoms with Gasteiger partial charge in [-0.15, -0.1) is 0 Å². The number of benzene rings is 2. The molecular weight excluding hydrogens is 315 g/mol. The van der Waals surface area contributed by atoms with Crippen molar-refractivity contribution in [3.05, 3.63) is 58.4 Å². The number of aryl methyl sites for hydroxylation is 1. The maximum Gasteiger partial charge on any atom is 0.264 e. The molecule has 0 saturated heterocycles. The first-order valence-corrected chi connectivity index (χ1v) is 7.97. The third-order valence-electron chi connectivity index (χ3n) is 2.98. The lowest BCUT2D eigenvalue weighted by atomic mass is 10.2. The van der Waals surface area contributed by atoms with E-state index in [1.807, 2.05) is 0 Å². The Balaban J connectivity index is 2.48. The predicted octanol–water partition coefficient (Wildman–Crippen LogP) is 3.05. The van der Waals surface area contributed by atoms with Crippen LogP contribution in [0.3, 0.4) is 0 Å². The van der Waals surface area contributed by atoms with Gasteiger partial charge in [-0.25, -0.2) is 12.8 Å². The van der Waals surface area contributed by atoms with Crippen LogP contribution in [-0.4, -0.2) is 8.42 Å². The highest BCUT2D eigenvalue weighted by Gasteiger charge is 2.21. The lowest BCUT2D eigenvalue weighted by molar-refractivity contribution is 0.569. The summed E-state index contributed by atoms with van der Waals surface area (Å²) in [5, 5.41) is 0.244. The molecule has 0 amide bonds. The topological polar surface area (TPSA) is 72.2 Å². The zero-order valence-corrected chi connectivity index (χ0v) is 12.8. The van der Waals surface area contributed by atoms with Crippen molar-refractivity contribution in [2.75, 3.05) is 4.72 Å². The molecule has 0 heterocycles. The number of nitrogens with one attached hydrogen (secondary N) is 1. The van der Waals surface area contributed by atoms with Crippen molar-refractivity contribution in [1.82, 2.24) is 0 Å². The molecule has 3 N–H and O–H groups in total. The summed E-state index contributed by atoms with van der Waals surface area (Å²) < 4.78 is 40.8. The monoisotopic (exact) mass is 328 g/mol. The van der Waals surface area contributed by atoms with Crippen molar-refractivity contribution in [3.63, 3.8) is 0 Å². The van der Waals surface area contributed by atoms with Gasteiger partial charge in [-0.2, -0.15) is 0 Å². The van der Waals surface area contributed by atoms with Gasteiger partial charge in [0, 0.05) is 6.54 Å². The number of anilines is 1. The third kappa shape index (κ3) is 3.34. The summed E-state index contributed by atoms with van der Waals surface area (Å²) in [7, 11) is -4.09. The van der Waals surface area contributed by atoms with Crippen LogP contribution in [0.1, 0.15) is 11.1 Å². The molecule has 0 radical (unpaired) electrons. The van der Waals surface area contributed by atoms with E-state index in [-0.39, 0.29) is 17.3 Å². The summed E-state index contributed by atoms with van der Waals surface area (Å²) in [5.74, 6) is -0.843. The SMILES string of the molecule is Cc1cccc(Cl)c1NS(=O)(=O)c1cc(CN)ccc1F. The molecule has 0 aliphatic carbocycles. The van der Waals surface area contributed by atoms with Crippen LogP contribution in [0.5, 0.6) is 0 Å². The van der Waals surface area contributed by atoms with Gasteiger partial charge in [0.05, 0.1) is 10.7 Å². The van der Waals surface area contributed by atoms with Gasteiger partial charge in [0.2, 0.25) is 0 Å². The Morgan fingerprint density at radius 1 is 1.29 bits per heavy atom. The summed E-state index contributed by atoms with van der Waals surface area (Å²) in [4.78, 5) is -0.454. The highest BCUT2D eigenvalue weighted by atomic mass is 35.5. The molecule has 2 aromatic rings. The number of hydrogen-bond donors (Lipinski definition) is 2. The summed E-state index contributed by atoms with van der Waals surface area (Å²) >= 11 is 5.98. The van der Waals surface area contributed by atoms with Crippen molar-refractivity contribution in [3.8, 4) is 0 Å². The molecule has 0 atom stereocenters. The molecule has 0 aliphatic heterocycles. The van der Waals surface area contributed by atoms with E-state index in [0.717, 1.165) is 6.07 Å². The van der Waals surface area contributed by atoms with Crippen LogP contribution in [0.15, 0.2) is 41.3 Å². The molecule has 2 aromatic carbocycles. The van der Waals surface area contributed by atoms with Gasteiger partial charge >= 0.3 is 0 Å². The van der Waals surface area contributed by atoms with E-state index in [0.29, 0.717) is 11.1 Å². The van der Waals surface area contributed by atoms with Crippen LogP contribution < -0.4 is 10.5 Å². The fraction of sp³-hybridized carbons (Fsp3) is 0.143.